The first-order valence-electron chi connectivity index (χ1n) is 4.81. The number of aromatic nitrogens is 1. The summed E-state index contributed by atoms with van der Waals surface area (Å²) in [5.74, 6) is -1.06. The van der Waals surface area contributed by atoms with Crippen LogP contribution in [0.5, 0.6) is 5.75 Å². The lowest BCUT2D eigenvalue weighted by Crippen LogP contribution is -2.12. The Kier molecular flexibility index (Phi) is 3.24. The van der Waals surface area contributed by atoms with E-state index in [1.54, 1.807) is 0 Å². The van der Waals surface area contributed by atoms with Gasteiger partial charge in [-0.15, -0.1) is 0 Å². The van der Waals surface area contributed by atoms with Crippen LogP contribution >= 0.6 is 23.2 Å². The predicted octanol–water partition coefficient (Wildman–Crippen LogP) is 2.36. The molecule has 20 heavy (non-hydrogen) atoms. The number of nitro groups is 2. The van der Waals surface area contributed by atoms with Gasteiger partial charge in [0.05, 0.1) is 20.7 Å². The van der Waals surface area contributed by atoms with E-state index in [4.69, 9.17) is 23.2 Å². The highest BCUT2D eigenvalue weighted by Gasteiger charge is 2.29. The third-order valence-corrected chi connectivity index (χ3v) is 3.14. The topological polar surface area (TPSA) is 139 Å². The lowest BCUT2D eigenvalue weighted by atomic mass is 10.1. The molecule has 0 saturated heterocycles. The van der Waals surface area contributed by atoms with Crippen LogP contribution in [0.15, 0.2) is 10.9 Å². The minimum Gasteiger partial charge on any atom is -0.501 e. The molecule has 11 heteroatoms. The summed E-state index contributed by atoms with van der Waals surface area (Å²) >= 11 is 11.4. The van der Waals surface area contributed by atoms with Gasteiger partial charge in [-0.2, -0.15) is 0 Å². The summed E-state index contributed by atoms with van der Waals surface area (Å²) in [6.07, 6.45) is 0. The van der Waals surface area contributed by atoms with E-state index in [9.17, 15) is 30.1 Å². The molecule has 0 amide bonds. The first kappa shape index (κ1) is 14.0. The molecule has 0 bridgehead atoms. The number of nitro benzene ring substituents is 1. The van der Waals surface area contributed by atoms with Gasteiger partial charge < -0.3 is 10.1 Å². The molecular formula is C9H3Cl2N3O6. The lowest BCUT2D eigenvalue weighted by Gasteiger charge is -2.05. The lowest BCUT2D eigenvalue weighted by molar-refractivity contribution is -0.387. The number of rotatable bonds is 2. The van der Waals surface area contributed by atoms with E-state index in [0.717, 1.165) is 6.07 Å². The van der Waals surface area contributed by atoms with E-state index in [1.165, 1.54) is 0 Å². The molecule has 0 fully saturated rings. The zero-order chi connectivity index (χ0) is 15.2. The number of pyridine rings is 1. The van der Waals surface area contributed by atoms with Crippen LogP contribution in [-0.4, -0.2) is 19.9 Å². The van der Waals surface area contributed by atoms with Crippen molar-refractivity contribution in [1.82, 2.24) is 4.98 Å². The van der Waals surface area contributed by atoms with Crippen LogP contribution in [0.25, 0.3) is 10.9 Å². The number of aromatic hydroxyl groups is 1. The highest BCUT2D eigenvalue weighted by atomic mass is 35.5. The van der Waals surface area contributed by atoms with Crippen molar-refractivity contribution >= 4 is 45.5 Å². The summed E-state index contributed by atoms with van der Waals surface area (Å²) in [7, 11) is 0. The number of nitrogens with zero attached hydrogens (tertiary/aromatic N) is 2. The monoisotopic (exact) mass is 319 g/mol. The zero-order valence-electron chi connectivity index (χ0n) is 9.22. The molecule has 104 valence electrons. The molecule has 9 nitrogen and oxygen atoms in total. The van der Waals surface area contributed by atoms with Crippen molar-refractivity contribution in [2.45, 2.75) is 0 Å². The van der Waals surface area contributed by atoms with E-state index >= 15 is 0 Å². The number of hydrogen-bond donors (Lipinski definition) is 2. The second kappa shape index (κ2) is 4.62. The van der Waals surface area contributed by atoms with Crippen molar-refractivity contribution in [3.05, 3.63) is 46.7 Å². The van der Waals surface area contributed by atoms with Gasteiger partial charge in [-0.3, -0.25) is 25.0 Å². The Morgan fingerprint density at radius 2 is 1.70 bits per heavy atom. The maximum atomic E-state index is 11.5. The molecule has 2 rings (SSSR count). The van der Waals surface area contributed by atoms with Crippen LogP contribution in [-0.2, 0) is 0 Å². The Hall–Kier alpha value is -2.39. The fourth-order valence-electron chi connectivity index (χ4n) is 1.68. The van der Waals surface area contributed by atoms with Gasteiger partial charge in [0.15, 0.2) is 0 Å². The Morgan fingerprint density at radius 3 is 2.20 bits per heavy atom. The third-order valence-electron chi connectivity index (χ3n) is 2.48. The normalized spacial score (nSPS) is 10.7. The fraction of sp³-hybridized carbons (Fsp3) is 0. The molecule has 0 aliphatic heterocycles. The summed E-state index contributed by atoms with van der Waals surface area (Å²) in [5.41, 5.74) is -3.21. The van der Waals surface area contributed by atoms with Gasteiger partial charge in [0.1, 0.15) is 10.0 Å². The molecule has 0 aliphatic carbocycles. The summed E-state index contributed by atoms with van der Waals surface area (Å²) < 4.78 is 0. The Morgan fingerprint density at radius 1 is 1.15 bits per heavy atom. The second-order valence-electron chi connectivity index (χ2n) is 3.61. The molecule has 1 aromatic carbocycles. The third kappa shape index (κ3) is 1.92. The van der Waals surface area contributed by atoms with E-state index < -0.39 is 42.9 Å². The largest absolute Gasteiger partial charge is 0.501 e. The first-order valence-corrected chi connectivity index (χ1v) is 5.57. The van der Waals surface area contributed by atoms with Crippen LogP contribution in [0.4, 0.5) is 11.4 Å². The summed E-state index contributed by atoms with van der Waals surface area (Å²) in [6.45, 7) is 0. The van der Waals surface area contributed by atoms with Crippen molar-refractivity contribution in [2.75, 3.05) is 0 Å². The number of hydrogen-bond acceptors (Lipinski definition) is 6. The quantitative estimate of drug-likeness (QED) is 0.643. The molecule has 2 aromatic rings. The van der Waals surface area contributed by atoms with Crippen LogP contribution in [0, 0.1) is 20.2 Å². The van der Waals surface area contributed by atoms with Crippen LogP contribution in [0.1, 0.15) is 0 Å². The van der Waals surface area contributed by atoms with Gasteiger partial charge in [0, 0.05) is 0 Å². The maximum Gasteiger partial charge on any atom is 0.375 e. The SMILES string of the molecule is O=c1[nH]c2cc(Cl)c([N+](=O)[O-])c(Cl)c2c(O)c1[N+](=O)[O-]. The van der Waals surface area contributed by atoms with Gasteiger partial charge in [-0.25, -0.2) is 0 Å². The number of aromatic amines is 1. The summed E-state index contributed by atoms with van der Waals surface area (Å²) in [4.78, 5) is 33.1. The van der Waals surface area contributed by atoms with E-state index in [-0.39, 0.29) is 10.5 Å². The molecule has 0 spiro atoms. The molecule has 0 saturated carbocycles. The Bertz CT molecular complexity index is 831. The van der Waals surface area contributed by atoms with Crippen molar-refractivity contribution < 1.29 is 15.0 Å². The number of halogens is 2. The van der Waals surface area contributed by atoms with E-state index in [2.05, 4.69) is 4.98 Å². The number of fused-ring (bicyclic) bond motifs is 1. The first-order chi connectivity index (χ1) is 9.25. The van der Waals surface area contributed by atoms with Crippen LogP contribution in [0.3, 0.4) is 0 Å². The fourth-order valence-corrected chi connectivity index (χ4v) is 2.37. The average Bonchev–Trinajstić information content (AvgIpc) is 2.25. The minimum absolute atomic E-state index is 0.154. The van der Waals surface area contributed by atoms with Gasteiger partial charge in [-0.1, -0.05) is 23.2 Å². The molecule has 2 N–H and O–H groups in total. The van der Waals surface area contributed by atoms with Gasteiger partial charge in [-0.05, 0) is 6.07 Å². The number of nitrogens with one attached hydrogen (secondary N) is 1. The Labute approximate surface area is 118 Å². The van der Waals surface area contributed by atoms with Crippen molar-refractivity contribution in [3.8, 4) is 5.75 Å². The Balaban J connectivity index is 3.07. The van der Waals surface area contributed by atoms with E-state index in [0.29, 0.717) is 0 Å². The summed E-state index contributed by atoms with van der Waals surface area (Å²) in [5, 5.41) is 29.9. The summed E-state index contributed by atoms with van der Waals surface area (Å²) in [6, 6.07) is 0.978. The zero-order valence-corrected chi connectivity index (χ0v) is 10.7. The highest BCUT2D eigenvalue weighted by Crippen LogP contribution is 2.43. The molecule has 0 aliphatic rings. The number of benzene rings is 1. The van der Waals surface area contributed by atoms with Crippen LogP contribution < -0.4 is 5.56 Å². The van der Waals surface area contributed by atoms with Gasteiger partial charge in [0.25, 0.3) is 0 Å². The highest BCUT2D eigenvalue weighted by molar-refractivity contribution is 6.42. The smallest absolute Gasteiger partial charge is 0.375 e. The van der Waals surface area contributed by atoms with Crippen molar-refractivity contribution in [1.29, 1.82) is 0 Å². The molecule has 1 aromatic heterocycles. The molecule has 1 heterocycles. The van der Waals surface area contributed by atoms with Crippen LogP contribution in [0.2, 0.25) is 10.0 Å². The van der Waals surface area contributed by atoms with Crippen molar-refractivity contribution in [2.24, 2.45) is 0 Å². The minimum atomic E-state index is -1.18. The second-order valence-corrected chi connectivity index (χ2v) is 4.39. The standard InChI is InChI=1S/C9H3Cl2N3O6/c10-2-1-3-4(5(11)6(2)13(17)18)8(15)7(14(19)20)9(16)12-3/h1H,(H2,12,15,16). The van der Waals surface area contributed by atoms with E-state index in [1.807, 2.05) is 0 Å². The van der Waals surface area contributed by atoms with Gasteiger partial charge >= 0.3 is 16.9 Å². The maximum absolute atomic E-state index is 11.5. The molecule has 0 atom stereocenters. The average molecular weight is 320 g/mol. The molecular weight excluding hydrogens is 317 g/mol. The van der Waals surface area contributed by atoms with Crippen molar-refractivity contribution in [3.63, 3.8) is 0 Å². The predicted molar refractivity (Wildman–Crippen MR) is 69.6 cm³/mol. The number of H-pyrrole nitrogens is 1. The molecule has 0 unspecified atom stereocenters. The van der Waals surface area contributed by atoms with Gasteiger partial charge in [0.2, 0.25) is 5.75 Å². The molecule has 0 radical (unpaired) electrons.